The number of nitrogens with one attached hydrogen (secondary N) is 1. The molecule has 0 aromatic rings. The molecular formula is C19H36N4O2. The molecular weight excluding hydrogens is 316 g/mol. The highest BCUT2D eigenvalue weighted by Crippen LogP contribution is 2.21. The van der Waals surface area contributed by atoms with Crippen LogP contribution in [0.25, 0.3) is 0 Å². The van der Waals surface area contributed by atoms with Gasteiger partial charge >= 0.3 is 5.97 Å². The highest BCUT2D eigenvalue weighted by molar-refractivity contribution is 5.80. The standard InChI is InChI=1S/C19H36N4O2/c1-4-20-19(23-13-10-16(11-14-23)18(24)25-3)21-12-15-22(2)17-8-6-5-7-9-17/h16-17H,4-15H2,1-3H3,(H,20,21). The van der Waals surface area contributed by atoms with E-state index in [-0.39, 0.29) is 11.9 Å². The third-order valence-corrected chi connectivity index (χ3v) is 5.58. The first-order valence-corrected chi connectivity index (χ1v) is 9.97. The molecule has 0 amide bonds. The van der Waals surface area contributed by atoms with Crippen molar-refractivity contribution in [2.75, 3.05) is 46.9 Å². The summed E-state index contributed by atoms with van der Waals surface area (Å²) in [7, 11) is 3.71. The van der Waals surface area contributed by atoms with Gasteiger partial charge in [-0.05, 0) is 39.7 Å². The normalized spacial score (nSPS) is 20.8. The highest BCUT2D eigenvalue weighted by atomic mass is 16.5. The van der Waals surface area contributed by atoms with E-state index in [1.54, 1.807) is 0 Å². The lowest BCUT2D eigenvalue weighted by Crippen LogP contribution is -2.47. The van der Waals surface area contributed by atoms with Crippen LogP contribution in [0.1, 0.15) is 51.9 Å². The quantitative estimate of drug-likeness (QED) is 0.451. The zero-order chi connectivity index (χ0) is 18.1. The van der Waals surface area contributed by atoms with E-state index >= 15 is 0 Å². The first kappa shape index (κ1) is 20.0. The van der Waals surface area contributed by atoms with Crippen LogP contribution < -0.4 is 5.32 Å². The van der Waals surface area contributed by atoms with Crippen molar-refractivity contribution < 1.29 is 9.53 Å². The van der Waals surface area contributed by atoms with Crippen molar-refractivity contribution in [1.82, 2.24) is 15.1 Å². The number of nitrogens with zero attached hydrogens (tertiary/aromatic N) is 3. The van der Waals surface area contributed by atoms with E-state index in [9.17, 15) is 4.79 Å². The number of aliphatic imine (C=N–C) groups is 1. The maximum atomic E-state index is 11.7. The molecule has 0 aromatic heterocycles. The second kappa shape index (κ2) is 10.6. The van der Waals surface area contributed by atoms with Gasteiger partial charge in [-0.25, -0.2) is 0 Å². The molecule has 0 spiro atoms. The molecule has 0 radical (unpaired) electrons. The molecule has 1 N–H and O–H groups in total. The number of hydrogen-bond donors (Lipinski definition) is 1. The minimum absolute atomic E-state index is 0.0431. The Hall–Kier alpha value is -1.30. The van der Waals surface area contributed by atoms with E-state index in [1.807, 2.05) is 0 Å². The summed E-state index contributed by atoms with van der Waals surface area (Å²) in [5, 5.41) is 3.40. The van der Waals surface area contributed by atoms with Crippen LogP contribution in [0.5, 0.6) is 0 Å². The molecule has 2 rings (SSSR count). The van der Waals surface area contributed by atoms with Gasteiger partial charge in [-0.1, -0.05) is 19.3 Å². The van der Waals surface area contributed by atoms with Crippen LogP contribution in [0, 0.1) is 5.92 Å². The predicted octanol–water partition coefficient (Wildman–Crippen LogP) is 2.10. The summed E-state index contributed by atoms with van der Waals surface area (Å²) in [6, 6.07) is 0.738. The third-order valence-electron chi connectivity index (χ3n) is 5.58. The fourth-order valence-electron chi connectivity index (χ4n) is 3.94. The second-order valence-electron chi connectivity index (χ2n) is 7.29. The molecule has 0 aromatic carbocycles. The van der Waals surface area contributed by atoms with E-state index in [2.05, 4.69) is 29.1 Å². The first-order chi connectivity index (χ1) is 12.2. The van der Waals surface area contributed by atoms with Crippen LogP contribution in [0.3, 0.4) is 0 Å². The van der Waals surface area contributed by atoms with Crippen LogP contribution in [0.2, 0.25) is 0 Å². The zero-order valence-corrected chi connectivity index (χ0v) is 16.3. The fourth-order valence-corrected chi connectivity index (χ4v) is 3.94. The number of rotatable bonds is 6. The molecule has 1 saturated carbocycles. The fraction of sp³-hybridized carbons (Fsp3) is 0.895. The Morgan fingerprint density at radius 3 is 2.48 bits per heavy atom. The molecule has 1 heterocycles. The summed E-state index contributed by atoms with van der Waals surface area (Å²) in [4.78, 5) is 21.3. The summed E-state index contributed by atoms with van der Waals surface area (Å²) >= 11 is 0. The molecule has 6 nitrogen and oxygen atoms in total. The van der Waals surface area contributed by atoms with Crippen molar-refractivity contribution in [3.63, 3.8) is 0 Å². The summed E-state index contributed by atoms with van der Waals surface area (Å²) in [5.74, 6) is 0.958. The Kier molecular flexibility index (Phi) is 8.52. The molecule has 6 heteroatoms. The van der Waals surface area contributed by atoms with Crippen molar-refractivity contribution in [3.8, 4) is 0 Å². The minimum atomic E-state index is -0.0734. The van der Waals surface area contributed by atoms with Gasteiger partial charge in [0.1, 0.15) is 0 Å². The summed E-state index contributed by atoms with van der Waals surface area (Å²) in [6.45, 7) is 6.54. The summed E-state index contributed by atoms with van der Waals surface area (Å²) in [6.07, 6.45) is 8.50. The van der Waals surface area contributed by atoms with Crippen molar-refractivity contribution in [3.05, 3.63) is 0 Å². The SMILES string of the molecule is CCNC(=NCCN(C)C1CCCCC1)N1CCC(C(=O)OC)CC1. The number of likely N-dealkylation sites (N-methyl/N-ethyl adjacent to an activating group) is 1. The van der Waals surface area contributed by atoms with Gasteiger partial charge in [0.25, 0.3) is 0 Å². The monoisotopic (exact) mass is 352 g/mol. The molecule has 1 saturated heterocycles. The van der Waals surface area contributed by atoms with Gasteiger partial charge in [-0.2, -0.15) is 0 Å². The smallest absolute Gasteiger partial charge is 0.308 e. The van der Waals surface area contributed by atoms with Crippen molar-refractivity contribution in [2.24, 2.45) is 10.9 Å². The van der Waals surface area contributed by atoms with Gasteiger partial charge in [0, 0.05) is 32.2 Å². The van der Waals surface area contributed by atoms with E-state index < -0.39 is 0 Å². The molecule has 144 valence electrons. The minimum Gasteiger partial charge on any atom is -0.469 e. The Bertz CT molecular complexity index is 427. The lowest BCUT2D eigenvalue weighted by molar-refractivity contribution is -0.146. The number of piperidine rings is 1. The average Bonchev–Trinajstić information content (AvgIpc) is 2.67. The zero-order valence-electron chi connectivity index (χ0n) is 16.3. The van der Waals surface area contributed by atoms with Crippen LogP contribution in [0.4, 0.5) is 0 Å². The van der Waals surface area contributed by atoms with Crippen molar-refractivity contribution >= 4 is 11.9 Å². The molecule has 1 aliphatic carbocycles. The summed E-state index contributed by atoms with van der Waals surface area (Å²) < 4.78 is 4.87. The van der Waals surface area contributed by atoms with Crippen molar-refractivity contribution in [2.45, 2.75) is 57.9 Å². The largest absolute Gasteiger partial charge is 0.469 e. The average molecular weight is 353 g/mol. The molecule has 2 fully saturated rings. The van der Waals surface area contributed by atoms with E-state index in [4.69, 9.17) is 9.73 Å². The Labute approximate surface area is 153 Å². The second-order valence-corrected chi connectivity index (χ2v) is 7.29. The first-order valence-electron chi connectivity index (χ1n) is 9.97. The molecule has 0 bridgehead atoms. The van der Waals surface area contributed by atoms with Gasteiger partial charge < -0.3 is 19.9 Å². The topological polar surface area (TPSA) is 57.2 Å². The number of carbonyl (C=O) groups excluding carboxylic acids is 1. The summed E-state index contributed by atoms with van der Waals surface area (Å²) in [5.41, 5.74) is 0. The number of carbonyl (C=O) groups is 1. The number of esters is 1. The van der Waals surface area contributed by atoms with Gasteiger partial charge in [0.2, 0.25) is 0 Å². The Balaban J connectivity index is 1.80. The number of guanidine groups is 1. The lowest BCUT2D eigenvalue weighted by atomic mass is 9.94. The lowest BCUT2D eigenvalue weighted by Gasteiger charge is -2.33. The highest BCUT2D eigenvalue weighted by Gasteiger charge is 2.27. The van der Waals surface area contributed by atoms with E-state index in [0.29, 0.717) is 0 Å². The molecule has 25 heavy (non-hydrogen) atoms. The van der Waals surface area contributed by atoms with Gasteiger partial charge in [0.15, 0.2) is 5.96 Å². The predicted molar refractivity (Wildman–Crippen MR) is 102 cm³/mol. The van der Waals surface area contributed by atoms with Crippen LogP contribution >= 0.6 is 0 Å². The van der Waals surface area contributed by atoms with Crippen molar-refractivity contribution in [1.29, 1.82) is 0 Å². The van der Waals surface area contributed by atoms with E-state index in [0.717, 1.165) is 57.6 Å². The molecule has 0 unspecified atom stereocenters. The van der Waals surface area contributed by atoms with Gasteiger partial charge in [-0.15, -0.1) is 0 Å². The van der Waals surface area contributed by atoms with Crippen LogP contribution in [-0.2, 0) is 9.53 Å². The molecule has 2 aliphatic rings. The maximum absolute atomic E-state index is 11.7. The number of methoxy groups -OCH3 is 1. The molecule has 1 aliphatic heterocycles. The molecule has 0 atom stereocenters. The Morgan fingerprint density at radius 1 is 1.20 bits per heavy atom. The number of hydrogen-bond acceptors (Lipinski definition) is 4. The number of likely N-dealkylation sites (tertiary alicyclic amines) is 1. The van der Waals surface area contributed by atoms with Crippen LogP contribution in [0.15, 0.2) is 4.99 Å². The van der Waals surface area contributed by atoms with Crippen LogP contribution in [-0.4, -0.2) is 74.7 Å². The van der Waals surface area contributed by atoms with Gasteiger partial charge in [0.05, 0.1) is 19.6 Å². The number of ether oxygens (including phenoxy) is 1. The maximum Gasteiger partial charge on any atom is 0.308 e. The Morgan fingerprint density at radius 2 is 1.88 bits per heavy atom. The third kappa shape index (κ3) is 6.17. The van der Waals surface area contributed by atoms with Gasteiger partial charge in [-0.3, -0.25) is 9.79 Å². The van der Waals surface area contributed by atoms with E-state index in [1.165, 1.54) is 39.2 Å².